The molecular formula is C23H25NO2. The molecule has 1 amide bonds. The van der Waals surface area contributed by atoms with Crippen LogP contribution < -0.4 is 10.1 Å². The Labute approximate surface area is 155 Å². The van der Waals surface area contributed by atoms with Crippen molar-refractivity contribution < 1.29 is 9.53 Å². The van der Waals surface area contributed by atoms with Gasteiger partial charge in [0.1, 0.15) is 5.75 Å². The van der Waals surface area contributed by atoms with Crippen LogP contribution in [0.1, 0.15) is 25.8 Å². The van der Waals surface area contributed by atoms with Crippen LogP contribution in [0.3, 0.4) is 0 Å². The number of hydrogen-bond donors (Lipinski definition) is 1. The van der Waals surface area contributed by atoms with Crippen molar-refractivity contribution in [1.82, 2.24) is 0 Å². The Hall–Kier alpha value is -2.81. The highest BCUT2D eigenvalue weighted by molar-refractivity contribution is 5.96. The summed E-state index contributed by atoms with van der Waals surface area (Å²) in [5.41, 5.74) is 1.82. The Kier molecular flexibility index (Phi) is 5.90. The Morgan fingerprint density at radius 2 is 1.69 bits per heavy atom. The summed E-state index contributed by atoms with van der Waals surface area (Å²) >= 11 is 0. The number of nitrogens with one attached hydrogen (secondary N) is 1. The topological polar surface area (TPSA) is 38.3 Å². The van der Waals surface area contributed by atoms with Crippen molar-refractivity contribution in [2.24, 2.45) is 5.92 Å². The third-order valence-corrected chi connectivity index (χ3v) is 4.33. The maximum Gasteiger partial charge on any atom is 0.228 e. The van der Waals surface area contributed by atoms with Crippen LogP contribution in [-0.2, 0) is 11.2 Å². The van der Waals surface area contributed by atoms with Crippen LogP contribution in [-0.4, -0.2) is 12.5 Å². The van der Waals surface area contributed by atoms with Crippen LogP contribution >= 0.6 is 0 Å². The van der Waals surface area contributed by atoms with E-state index in [0.717, 1.165) is 34.2 Å². The first-order valence-electron chi connectivity index (χ1n) is 9.11. The second-order valence-corrected chi connectivity index (χ2v) is 6.92. The van der Waals surface area contributed by atoms with Crippen molar-refractivity contribution in [2.45, 2.75) is 26.7 Å². The van der Waals surface area contributed by atoms with Gasteiger partial charge in [-0.2, -0.15) is 0 Å². The molecule has 134 valence electrons. The number of amides is 1. The molecule has 0 radical (unpaired) electrons. The zero-order valence-corrected chi connectivity index (χ0v) is 15.4. The first-order chi connectivity index (χ1) is 12.6. The molecule has 3 nitrogen and oxygen atoms in total. The lowest BCUT2D eigenvalue weighted by atomic mass is 10.0. The van der Waals surface area contributed by atoms with Gasteiger partial charge in [-0.05, 0) is 52.9 Å². The zero-order valence-electron chi connectivity index (χ0n) is 15.4. The molecule has 0 saturated heterocycles. The van der Waals surface area contributed by atoms with Crippen molar-refractivity contribution in [3.63, 3.8) is 0 Å². The van der Waals surface area contributed by atoms with E-state index in [0.29, 0.717) is 18.9 Å². The smallest absolute Gasteiger partial charge is 0.228 e. The first kappa shape index (κ1) is 18.0. The summed E-state index contributed by atoms with van der Waals surface area (Å²) in [7, 11) is 0. The van der Waals surface area contributed by atoms with Crippen molar-refractivity contribution in [3.8, 4) is 5.75 Å². The summed E-state index contributed by atoms with van der Waals surface area (Å²) in [6.07, 6.45) is 1.39. The van der Waals surface area contributed by atoms with Gasteiger partial charge in [-0.15, -0.1) is 0 Å². The van der Waals surface area contributed by atoms with E-state index in [4.69, 9.17) is 4.74 Å². The van der Waals surface area contributed by atoms with Gasteiger partial charge in [0.25, 0.3) is 0 Å². The molecule has 3 heteroatoms. The summed E-state index contributed by atoms with van der Waals surface area (Å²) in [5.74, 6) is 1.44. The van der Waals surface area contributed by atoms with Gasteiger partial charge in [0, 0.05) is 5.69 Å². The maximum absolute atomic E-state index is 12.4. The molecular weight excluding hydrogens is 322 g/mol. The lowest BCUT2D eigenvalue weighted by Gasteiger charge is -2.10. The molecule has 0 spiro atoms. The molecule has 0 fully saturated rings. The van der Waals surface area contributed by atoms with Crippen molar-refractivity contribution >= 4 is 22.4 Å². The predicted octanol–water partition coefficient (Wildman–Crippen LogP) is 5.45. The van der Waals surface area contributed by atoms with Gasteiger partial charge >= 0.3 is 0 Å². The molecule has 1 N–H and O–H groups in total. The number of ether oxygens (including phenoxy) is 1. The first-order valence-corrected chi connectivity index (χ1v) is 9.11. The van der Waals surface area contributed by atoms with Crippen molar-refractivity contribution in [3.05, 3.63) is 72.3 Å². The number of carbonyl (C=O) groups excluding carboxylic acids is 1. The highest BCUT2D eigenvalue weighted by Crippen LogP contribution is 2.20. The molecule has 0 saturated carbocycles. The van der Waals surface area contributed by atoms with Crippen LogP contribution in [0, 0.1) is 5.92 Å². The van der Waals surface area contributed by atoms with E-state index in [-0.39, 0.29) is 5.91 Å². The van der Waals surface area contributed by atoms with Gasteiger partial charge in [0.15, 0.2) is 0 Å². The molecule has 0 atom stereocenters. The van der Waals surface area contributed by atoms with Crippen LogP contribution in [0.4, 0.5) is 5.69 Å². The summed E-state index contributed by atoms with van der Waals surface area (Å²) in [5, 5.41) is 5.24. The Morgan fingerprint density at radius 1 is 0.962 bits per heavy atom. The van der Waals surface area contributed by atoms with E-state index in [1.807, 2.05) is 48.5 Å². The minimum atomic E-state index is -0.0187. The zero-order chi connectivity index (χ0) is 18.4. The van der Waals surface area contributed by atoms with E-state index < -0.39 is 0 Å². The number of rotatable bonds is 7. The van der Waals surface area contributed by atoms with Crippen LogP contribution in [0.2, 0.25) is 0 Å². The van der Waals surface area contributed by atoms with E-state index in [2.05, 4.69) is 37.4 Å². The third-order valence-electron chi connectivity index (χ3n) is 4.33. The molecule has 0 heterocycles. The second kappa shape index (κ2) is 8.52. The molecule has 3 aromatic carbocycles. The average Bonchev–Trinajstić information content (AvgIpc) is 2.63. The fraction of sp³-hybridized carbons (Fsp3) is 0.261. The molecule has 0 unspecified atom stereocenters. The SMILES string of the molecule is CC(C)CCOc1ccc(NC(=O)Cc2cccc3ccccc23)cc1. The highest BCUT2D eigenvalue weighted by Gasteiger charge is 2.07. The Balaban J connectivity index is 1.59. The fourth-order valence-electron chi connectivity index (χ4n) is 2.87. The van der Waals surface area contributed by atoms with E-state index in [9.17, 15) is 4.79 Å². The lowest BCUT2D eigenvalue weighted by Crippen LogP contribution is -2.14. The van der Waals surface area contributed by atoms with Crippen LogP contribution in [0.25, 0.3) is 10.8 Å². The molecule has 3 aromatic rings. The summed E-state index contributed by atoms with van der Waals surface area (Å²) < 4.78 is 5.71. The second-order valence-electron chi connectivity index (χ2n) is 6.92. The van der Waals surface area contributed by atoms with Gasteiger partial charge in [-0.3, -0.25) is 4.79 Å². The number of carbonyl (C=O) groups is 1. The largest absolute Gasteiger partial charge is 0.494 e. The standard InChI is InChI=1S/C23H25NO2/c1-17(2)14-15-26-21-12-10-20(11-13-21)24-23(25)16-19-8-5-7-18-6-3-4-9-22(18)19/h3-13,17H,14-16H2,1-2H3,(H,24,25). The van der Waals surface area contributed by atoms with E-state index >= 15 is 0 Å². The highest BCUT2D eigenvalue weighted by atomic mass is 16.5. The van der Waals surface area contributed by atoms with Gasteiger partial charge in [-0.1, -0.05) is 56.3 Å². The number of hydrogen-bond acceptors (Lipinski definition) is 2. The summed E-state index contributed by atoms with van der Waals surface area (Å²) in [6, 6.07) is 21.8. The lowest BCUT2D eigenvalue weighted by molar-refractivity contribution is -0.115. The monoisotopic (exact) mass is 347 g/mol. The summed E-state index contributed by atoms with van der Waals surface area (Å²) in [4.78, 5) is 12.4. The predicted molar refractivity (Wildman–Crippen MR) is 108 cm³/mol. The number of benzene rings is 3. The minimum Gasteiger partial charge on any atom is -0.494 e. The summed E-state index contributed by atoms with van der Waals surface area (Å²) in [6.45, 7) is 5.07. The fourth-order valence-corrected chi connectivity index (χ4v) is 2.87. The quantitative estimate of drug-likeness (QED) is 0.617. The molecule has 0 aromatic heterocycles. The minimum absolute atomic E-state index is 0.0187. The Bertz CT molecular complexity index is 864. The van der Waals surface area contributed by atoms with Gasteiger partial charge in [0.05, 0.1) is 13.0 Å². The molecule has 0 aliphatic rings. The Morgan fingerprint density at radius 3 is 2.46 bits per heavy atom. The molecule has 0 aliphatic heterocycles. The molecule has 0 bridgehead atoms. The van der Waals surface area contributed by atoms with Gasteiger partial charge in [-0.25, -0.2) is 0 Å². The van der Waals surface area contributed by atoms with E-state index in [1.54, 1.807) is 0 Å². The normalized spacial score (nSPS) is 10.9. The van der Waals surface area contributed by atoms with Gasteiger partial charge in [0.2, 0.25) is 5.91 Å². The van der Waals surface area contributed by atoms with Crippen LogP contribution in [0.5, 0.6) is 5.75 Å². The number of fused-ring (bicyclic) bond motifs is 1. The molecule has 26 heavy (non-hydrogen) atoms. The maximum atomic E-state index is 12.4. The van der Waals surface area contributed by atoms with E-state index in [1.165, 1.54) is 0 Å². The average molecular weight is 347 g/mol. The third kappa shape index (κ3) is 4.85. The number of anilines is 1. The van der Waals surface area contributed by atoms with Crippen LogP contribution in [0.15, 0.2) is 66.7 Å². The van der Waals surface area contributed by atoms with Crippen molar-refractivity contribution in [2.75, 3.05) is 11.9 Å². The van der Waals surface area contributed by atoms with Gasteiger partial charge < -0.3 is 10.1 Å². The molecule has 0 aliphatic carbocycles. The van der Waals surface area contributed by atoms with Crippen molar-refractivity contribution in [1.29, 1.82) is 0 Å². The molecule has 3 rings (SSSR count).